The van der Waals surface area contributed by atoms with Crippen LogP contribution in [0.2, 0.25) is 0 Å². The number of carbonyl (C=O) groups is 3. The summed E-state index contributed by atoms with van der Waals surface area (Å²) in [5, 5.41) is 17.6. The van der Waals surface area contributed by atoms with E-state index in [4.69, 9.17) is 4.74 Å². The van der Waals surface area contributed by atoms with Gasteiger partial charge in [0, 0.05) is 11.7 Å². The summed E-state index contributed by atoms with van der Waals surface area (Å²) in [6, 6.07) is 16.9. The minimum atomic E-state index is -1.26. The number of hydrogen-bond acceptors (Lipinski definition) is 5. The van der Waals surface area contributed by atoms with Gasteiger partial charge in [-0.05, 0) is 81.5 Å². The number of amides is 3. The smallest absolute Gasteiger partial charge is 0.408 e. The van der Waals surface area contributed by atoms with E-state index in [1.165, 1.54) is 4.90 Å². The Morgan fingerprint density at radius 2 is 1.69 bits per heavy atom. The van der Waals surface area contributed by atoms with Crippen LogP contribution in [-0.4, -0.2) is 52.2 Å². The molecule has 2 atom stereocenters. The number of fused-ring (bicyclic) bond motifs is 1. The number of carbonyl (C=O) groups excluding carboxylic acids is 3. The topological polar surface area (TPSA) is 108 Å². The molecule has 0 bridgehead atoms. The molecule has 8 heteroatoms. The first kappa shape index (κ1) is 28.1. The minimum absolute atomic E-state index is 0.195. The van der Waals surface area contributed by atoms with Crippen molar-refractivity contribution < 1.29 is 24.2 Å². The van der Waals surface area contributed by atoms with E-state index < -0.39 is 36.3 Å². The molecule has 3 aromatic rings. The van der Waals surface area contributed by atoms with Crippen LogP contribution in [0, 0.1) is 13.8 Å². The minimum Gasteiger partial charge on any atom is -0.444 e. The molecule has 0 radical (unpaired) electrons. The molecule has 1 aliphatic carbocycles. The molecule has 0 aliphatic heterocycles. The summed E-state index contributed by atoms with van der Waals surface area (Å²) in [6.07, 6.45) is 0.636. The average molecular weight is 532 g/mol. The van der Waals surface area contributed by atoms with Crippen LogP contribution >= 0.6 is 0 Å². The van der Waals surface area contributed by atoms with E-state index in [0.29, 0.717) is 11.3 Å². The highest BCUT2D eigenvalue weighted by molar-refractivity contribution is 6.00. The number of aliphatic hydroxyl groups is 1. The molecule has 0 heterocycles. The first-order valence-corrected chi connectivity index (χ1v) is 13.3. The Labute approximate surface area is 229 Å². The van der Waals surface area contributed by atoms with E-state index in [1.807, 2.05) is 74.5 Å². The first-order chi connectivity index (χ1) is 18.5. The fraction of sp³-hybridized carbons (Fsp3) is 0.387. The van der Waals surface area contributed by atoms with Gasteiger partial charge in [-0.3, -0.25) is 9.59 Å². The Bertz CT molecular complexity index is 1380. The summed E-state index contributed by atoms with van der Waals surface area (Å²) in [5.74, 6) is -0.904. The van der Waals surface area contributed by atoms with Crippen LogP contribution in [0.1, 0.15) is 56.3 Å². The van der Waals surface area contributed by atoms with Crippen molar-refractivity contribution in [3.63, 3.8) is 0 Å². The summed E-state index contributed by atoms with van der Waals surface area (Å²) in [4.78, 5) is 41.9. The molecule has 2 unspecified atom stereocenters. The lowest BCUT2D eigenvalue weighted by Crippen LogP contribution is -2.54. The quantitative estimate of drug-likeness (QED) is 0.379. The van der Waals surface area contributed by atoms with Gasteiger partial charge in [-0.1, -0.05) is 54.1 Å². The molecule has 1 aliphatic rings. The standard InChI is InChI=1S/C31H37N3O5/c1-19-10-11-20(2)25(16-19)27(28(36)32-23-13-12-21-8-6-7-9-22(21)17-23)34(24-14-15-24)29(37)26(18-35)33-30(38)39-31(3,4)5/h6-13,16-17,24,26-27,35H,14-15,18H2,1-5H3,(H,32,36)(H,33,38). The fourth-order valence-electron chi connectivity index (χ4n) is 4.64. The largest absolute Gasteiger partial charge is 0.444 e. The summed E-state index contributed by atoms with van der Waals surface area (Å²) in [6.45, 7) is 8.35. The number of nitrogens with one attached hydrogen (secondary N) is 2. The molecule has 3 aromatic carbocycles. The van der Waals surface area contributed by atoms with Crippen LogP contribution in [0.3, 0.4) is 0 Å². The third-order valence-corrected chi connectivity index (χ3v) is 6.64. The fourth-order valence-corrected chi connectivity index (χ4v) is 4.64. The molecule has 1 saturated carbocycles. The van der Waals surface area contributed by atoms with Gasteiger partial charge in [0.1, 0.15) is 17.7 Å². The second-order valence-electron chi connectivity index (χ2n) is 11.2. The number of rotatable bonds is 8. The van der Waals surface area contributed by atoms with Crippen molar-refractivity contribution in [3.8, 4) is 0 Å². The summed E-state index contributed by atoms with van der Waals surface area (Å²) in [7, 11) is 0. The van der Waals surface area contributed by atoms with Crippen molar-refractivity contribution >= 4 is 34.4 Å². The Hall–Kier alpha value is -3.91. The third-order valence-electron chi connectivity index (χ3n) is 6.64. The van der Waals surface area contributed by atoms with E-state index in [1.54, 1.807) is 20.8 Å². The molecule has 8 nitrogen and oxygen atoms in total. The first-order valence-electron chi connectivity index (χ1n) is 13.3. The second-order valence-corrected chi connectivity index (χ2v) is 11.2. The molecule has 206 valence electrons. The lowest BCUT2D eigenvalue weighted by molar-refractivity contribution is -0.142. The highest BCUT2D eigenvalue weighted by Crippen LogP contribution is 2.37. The third kappa shape index (κ3) is 6.95. The zero-order chi connectivity index (χ0) is 28.3. The molecule has 0 spiro atoms. The highest BCUT2D eigenvalue weighted by atomic mass is 16.6. The lowest BCUT2D eigenvalue weighted by Gasteiger charge is -2.35. The van der Waals surface area contributed by atoms with E-state index in [0.717, 1.165) is 34.7 Å². The molecule has 4 rings (SSSR count). The van der Waals surface area contributed by atoms with Gasteiger partial charge in [-0.25, -0.2) is 4.79 Å². The van der Waals surface area contributed by atoms with Crippen molar-refractivity contribution in [1.29, 1.82) is 0 Å². The van der Waals surface area contributed by atoms with Gasteiger partial charge >= 0.3 is 6.09 Å². The number of hydrogen-bond donors (Lipinski definition) is 3. The van der Waals surface area contributed by atoms with Gasteiger partial charge in [0.25, 0.3) is 5.91 Å². The summed E-state index contributed by atoms with van der Waals surface area (Å²) < 4.78 is 5.31. The van der Waals surface area contributed by atoms with Gasteiger partial charge < -0.3 is 25.4 Å². The van der Waals surface area contributed by atoms with E-state index in [-0.39, 0.29) is 11.9 Å². The Morgan fingerprint density at radius 3 is 2.33 bits per heavy atom. The highest BCUT2D eigenvalue weighted by Gasteiger charge is 2.44. The summed E-state index contributed by atoms with van der Waals surface area (Å²) >= 11 is 0. The van der Waals surface area contributed by atoms with Crippen molar-refractivity contribution in [2.45, 2.75) is 71.2 Å². The van der Waals surface area contributed by atoms with Crippen molar-refractivity contribution in [1.82, 2.24) is 10.2 Å². The normalized spacial score (nSPS) is 14.8. The van der Waals surface area contributed by atoms with Gasteiger partial charge in [0.2, 0.25) is 5.91 Å². The van der Waals surface area contributed by atoms with Crippen LogP contribution in [0.4, 0.5) is 10.5 Å². The van der Waals surface area contributed by atoms with Crippen LogP contribution in [-0.2, 0) is 14.3 Å². The predicted octanol–water partition coefficient (Wildman–Crippen LogP) is 5.01. The van der Waals surface area contributed by atoms with Gasteiger partial charge in [0.15, 0.2) is 0 Å². The van der Waals surface area contributed by atoms with Crippen LogP contribution < -0.4 is 10.6 Å². The zero-order valence-corrected chi connectivity index (χ0v) is 23.2. The molecule has 0 aromatic heterocycles. The monoisotopic (exact) mass is 531 g/mol. The van der Waals surface area contributed by atoms with Crippen LogP contribution in [0.25, 0.3) is 10.8 Å². The van der Waals surface area contributed by atoms with Crippen LogP contribution in [0.15, 0.2) is 60.7 Å². The van der Waals surface area contributed by atoms with Crippen molar-refractivity contribution in [3.05, 3.63) is 77.4 Å². The maximum absolute atomic E-state index is 14.0. The number of aryl methyl sites for hydroxylation is 2. The molecule has 1 fully saturated rings. The van der Waals surface area contributed by atoms with Crippen molar-refractivity contribution in [2.24, 2.45) is 0 Å². The second kappa shape index (κ2) is 11.5. The molecular formula is C31H37N3O5. The van der Waals surface area contributed by atoms with Crippen LogP contribution in [0.5, 0.6) is 0 Å². The number of alkyl carbamates (subject to hydrolysis) is 1. The number of ether oxygens (including phenoxy) is 1. The molecule has 39 heavy (non-hydrogen) atoms. The SMILES string of the molecule is Cc1ccc(C)c(C(C(=O)Nc2ccc3ccccc3c2)N(C(=O)C(CO)NC(=O)OC(C)(C)C)C2CC2)c1. The number of aliphatic hydroxyl groups excluding tert-OH is 1. The number of benzene rings is 3. The molecule has 0 saturated heterocycles. The molecule has 3 N–H and O–H groups in total. The average Bonchev–Trinajstić information content (AvgIpc) is 3.71. The van der Waals surface area contributed by atoms with Gasteiger partial charge in [0.05, 0.1) is 6.61 Å². The summed E-state index contributed by atoms with van der Waals surface area (Å²) in [5.41, 5.74) is 2.35. The van der Waals surface area contributed by atoms with E-state index >= 15 is 0 Å². The van der Waals surface area contributed by atoms with E-state index in [2.05, 4.69) is 10.6 Å². The maximum atomic E-state index is 14.0. The lowest BCUT2D eigenvalue weighted by atomic mass is 9.96. The maximum Gasteiger partial charge on any atom is 0.408 e. The Kier molecular flexibility index (Phi) is 8.25. The van der Waals surface area contributed by atoms with Gasteiger partial charge in [-0.15, -0.1) is 0 Å². The van der Waals surface area contributed by atoms with Gasteiger partial charge in [-0.2, -0.15) is 0 Å². The Balaban J connectivity index is 1.70. The molecular weight excluding hydrogens is 494 g/mol. The van der Waals surface area contributed by atoms with Crippen molar-refractivity contribution in [2.75, 3.05) is 11.9 Å². The number of anilines is 1. The number of nitrogens with zero attached hydrogens (tertiary/aromatic N) is 1. The Morgan fingerprint density at radius 1 is 1.00 bits per heavy atom. The van der Waals surface area contributed by atoms with E-state index in [9.17, 15) is 19.5 Å². The molecule has 3 amide bonds. The predicted molar refractivity (Wildman–Crippen MR) is 151 cm³/mol. The zero-order valence-electron chi connectivity index (χ0n) is 23.2.